The number of benzene rings is 2. The van der Waals surface area contributed by atoms with Gasteiger partial charge in [0.1, 0.15) is 22.8 Å². The highest BCUT2D eigenvalue weighted by Gasteiger charge is 2.29. The van der Waals surface area contributed by atoms with Crippen molar-refractivity contribution in [2.45, 2.75) is 12.5 Å². The van der Waals surface area contributed by atoms with E-state index in [1.165, 1.54) is 0 Å². The molecule has 0 saturated heterocycles. The van der Waals surface area contributed by atoms with Gasteiger partial charge in [0.2, 0.25) is 0 Å². The fourth-order valence-electron chi connectivity index (χ4n) is 2.27. The Balaban J connectivity index is 2.46. The van der Waals surface area contributed by atoms with E-state index in [1.54, 1.807) is 40.4 Å². The summed E-state index contributed by atoms with van der Waals surface area (Å²) in [5.74, 6) is 2.01. The molecule has 0 bridgehead atoms. The predicted molar refractivity (Wildman–Crippen MR) is 81.2 cm³/mol. The first-order valence-electron chi connectivity index (χ1n) is 6.62. The highest BCUT2D eigenvalue weighted by Crippen LogP contribution is 2.37. The number of hydrogen-bond donors (Lipinski definition) is 1. The molecular formula is C17H20O4. The van der Waals surface area contributed by atoms with Gasteiger partial charge < -0.3 is 19.3 Å². The maximum Gasteiger partial charge on any atom is 0.128 e. The molecule has 4 heteroatoms. The summed E-state index contributed by atoms with van der Waals surface area (Å²) in [4.78, 5) is 0. The highest BCUT2D eigenvalue weighted by molar-refractivity contribution is 5.48. The molecule has 2 rings (SSSR count). The van der Waals surface area contributed by atoms with Crippen LogP contribution in [-0.4, -0.2) is 26.4 Å². The lowest BCUT2D eigenvalue weighted by Crippen LogP contribution is -2.23. The van der Waals surface area contributed by atoms with Gasteiger partial charge >= 0.3 is 0 Å². The molecule has 2 aromatic rings. The quantitative estimate of drug-likeness (QED) is 0.919. The first-order valence-corrected chi connectivity index (χ1v) is 6.62. The van der Waals surface area contributed by atoms with Crippen LogP contribution in [-0.2, 0) is 5.60 Å². The molecule has 112 valence electrons. The lowest BCUT2D eigenvalue weighted by Gasteiger charge is -2.26. The third-order valence-electron chi connectivity index (χ3n) is 3.59. The number of ether oxygens (including phenoxy) is 3. The molecule has 1 unspecified atom stereocenters. The molecule has 0 amide bonds. The van der Waals surface area contributed by atoms with Crippen LogP contribution in [0.4, 0.5) is 0 Å². The van der Waals surface area contributed by atoms with Gasteiger partial charge in [-0.3, -0.25) is 0 Å². The van der Waals surface area contributed by atoms with Gasteiger partial charge in [0.25, 0.3) is 0 Å². The second-order valence-electron chi connectivity index (χ2n) is 4.87. The van der Waals surface area contributed by atoms with Crippen LogP contribution in [0.3, 0.4) is 0 Å². The Morgan fingerprint density at radius 3 is 1.90 bits per heavy atom. The largest absolute Gasteiger partial charge is 0.497 e. The van der Waals surface area contributed by atoms with E-state index in [0.29, 0.717) is 17.1 Å². The Morgan fingerprint density at radius 2 is 1.38 bits per heavy atom. The van der Waals surface area contributed by atoms with Crippen molar-refractivity contribution in [3.05, 3.63) is 53.6 Å². The second kappa shape index (κ2) is 6.06. The van der Waals surface area contributed by atoms with Crippen molar-refractivity contribution in [2.75, 3.05) is 21.3 Å². The molecule has 0 spiro atoms. The summed E-state index contributed by atoms with van der Waals surface area (Å²) in [6, 6.07) is 12.7. The summed E-state index contributed by atoms with van der Waals surface area (Å²) in [6.07, 6.45) is 0. The Morgan fingerprint density at radius 1 is 0.810 bits per heavy atom. The Labute approximate surface area is 124 Å². The van der Waals surface area contributed by atoms with E-state index in [-0.39, 0.29) is 0 Å². The van der Waals surface area contributed by atoms with Gasteiger partial charge in [-0.2, -0.15) is 0 Å². The van der Waals surface area contributed by atoms with Gasteiger partial charge in [0, 0.05) is 11.6 Å². The third kappa shape index (κ3) is 2.95. The van der Waals surface area contributed by atoms with E-state index in [4.69, 9.17) is 14.2 Å². The minimum Gasteiger partial charge on any atom is -0.497 e. The molecule has 0 saturated carbocycles. The molecule has 4 nitrogen and oxygen atoms in total. The van der Waals surface area contributed by atoms with E-state index in [9.17, 15) is 5.11 Å². The van der Waals surface area contributed by atoms with Crippen molar-refractivity contribution in [2.24, 2.45) is 0 Å². The van der Waals surface area contributed by atoms with Gasteiger partial charge in [0.15, 0.2) is 0 Å². The minimum absolute atomic E-state index is 0.579. The van der Waals surface area contributed by atoms with Crippen LogP contribution in [0.5, 0.6) is 17.2 Å². The summed E-state index contributed by atoms with van der Waals surface area (Å²) in [5, 5.41) is 10.9. The first kappa shape index (κ1) is 15.2. The zero-order valence-corrected chi connectivity index (χ0v) is 12.7. The van der Waals surface area contributed by atoms with E-state index in [2.05, 4.69) is 0 Å². The van der Waals surface area contributed by atoms with Crippen LogP contribution in [0.25, 0.3) is 0 Å². The monoisotopic (exact) mass is 288 g/mol. The average Bonchev–Trinajstić information content (AvgIpc) is 2.54. The van der Waals surface area contributed by atoms with Crippen LogP contribution in [0.15, 0.2) is 42.5 Å². The number of hydrogen-bond acceptors (Lipinski definition) is 4. The molecule has 0 radical (unpaired) electrons. The lowest BCUT2D eigenvalue weighted by molar-refractivity contribution is 0.0988. The molecule has 2 aromatic carbocycles. The molecule has 0 heterocycles. The summed E-state index contributed by atoms with van der Waals surface area (Å²) >= 11 is 0. The van der Waals surface area contributed by atoms with Gasteiger partial charge in [0.05, 0.1) is 21.3 Å². The molecule has 0 aliphatic rings. The van der Waals surface area contributed by atoms with Crippen LogP contribution in [0.2, 0.25) is 0 Å². The Kier molecular flexibility index (Phi) is 4.38. The molecule has 0 fully saturated rings. The molecule has 0 aliphatic carbocycles. The molecular weight excluding hydrogens is 268 g/mol. The van der Waals surface area contributed by atoms with Crippen molar-refractivity contribution in [1.82, 2.24) is 0 Å². The van der Waals surface area contributed by atoms with Gasteiger partial charge in [-0.1, -0.05) is 12.1 Å². The molecule has 1 N–H and O–H groups in total. The van der Waals surface area contributed by atoms with Crippen LogP contribution >= 0.6 is 0 Å². The zero-order valence-electron chi connectivity index (χ0n) is 12.7. The molecule has 1 atom stereocenters. The van der Waals surface area contributed by atoms with Crippen molar-refractivity contribution in [3.8, 4) is 17.2 Å². The van der Waals surface area contributed by atoms with E-state index < -0.39 is 5.60 Å². The maximum absolute atomic E-state index is 10.9. The molecule has 0 aromatic heterocycles. The number of rotatable bonds is 5. The van der Waals surface area contributed by atoms with Crippen molar-refractivity contribution in [3.63, 3.8) is 0 Å². The van der Waals surface area contributed by atoms with Crippen molar-refractivity contribution in [1.29, 1.82) is 0 Å². The topological polar surface area (TPSA) is 47.9 Å². The molecule has 0 aliphatic heterocycles. The maximum atomic E-state index is 10.9. The second-order valence-corrected chi connectivity index (χ2v) is 4.87. The molecule has 21 heavy (non-hydrogen) atoms. The van der Waals surface area contributed by atoms with E-state index in [0.717, 1.165) is 11.3 Å². The third-order valence-corrected chi connectivity index (χ3v) is 3.59. The van der Waals surface area contributed by atoms with Crippen LogP contribution in [0.1, 0.15) is 18.1 Å². The Hall–Kier alpha value is -2.20. The number of aliphatic hydroxyl groups is 1. The SMILES string of the molecule is COc1ccc(C(C)(O)c2ccc(OC)cc2OC)cc1. The fraction of sp³-hybridized carbons (Fsp3) is 0.294. The summed E-state index contributed by atoms with van der Waals surface area (Å²) < 4.78 is 15.7. The lowest BCUT2D eigenvalue weighted by atomic mass is 9.87. The van der Waals surface area contributed by atoms with Gasteiger partial charge in [-0.25, -0.2) is 0 Å². The minimum atomic E-state index is -1.18. The average molecular weight is 288 g/mol. The highest BCUT2D eigenvalue weighted by atomic mass is 16.5. The van der Waals surface area contributed by atoms with Gasteiger partial charge in [-0.05, 0) is 36.8 Å². The Bertz CT molecular complexity index is 603. The van der Waals surface area contributed by atoms with Crippen molar-refractivity contribution >= 4 is 0 Å². The fourth-order valence-corrected chi connectivity index (χ4v) is 2.27. The summed E-state index contributed by atoms with van der Waals surface area (Å²) in [6.45, 7) is 1.74. The van der Waals surface area contributed by atoms with Crippen LogP contribution < -0.4 is 14.2 Å². The van der Waals surface area contributed by atoms with E-state index in [1.807, 2.05) is 30.3 Å². The summed E-state index contributed by atoms with van der Waals surface area (Å²) in [7, 11) is 4.78. The first-order chi connectivity index (χ1) is 10.0. The van der Waals surface area contributed by atoms with Gasteiger partial charge in [-0.15, -0.1) is 0 Å². The summed E-state index contributed by atoms with van der Waals surface area (Å²) in [5.41, 5.74) is 0.256. The van der Waals surface area contributed by atoms with Crippen LogP contribution in [0, 0.1) is 0 Å². The van der Waals surface area contributed by atoms with Crippen molar-refractivity contribution < 1.29 is 19.3 Å². The number of methoxy groups -OCH3 is 3. The normalized spacial score (nSPS) is 13.4. The smallest absolute Gasteiger partial charge is 0.128 e. The predicted octanol–water partition coefficient (Wildman–Crippen LogP) is 2.97. The van der Waals surface area contributed by atoms with E-state index >= 15 is 0 Å². The standard InChI is InChI=1S/C17H20O4/c1-17(18,12-5-7-13(19-2)8-6-12)15-10-9-14(20-3)11-16(15)21-4/h5-11,18H,1-4H3. The zero-order chi connectivity index (χ0) is 15.5.